The minimum atomic E-state index is -1.52. The van der Waals surface area contributed by atoms with Crippen molar-refractivity contribution in [3.63, 3.8) is 0 Å². The van der Waals surface area contributed by atoms with Gasteiger partial charge in [0, 0.05) is 21.9 Å². The highest BCUT2D eigenvalue weighted by molar-refractivity contribution is 7.15. The van der Waals surface area contributed by atoms with Gasteiger partial charge in [-0.2, -0.15) is 0 Å². The van der Waals surface area contributed by atoms with Crippen LogP contribution >= 0.6 is 22.7 Å². The molecule has 0 aliphatic heterocycles. The van der Waals surface area contributed by atoms with Crippen LogP contribution in [0, 0.1) is 0 Å². The van der Waals surface area contributed by atoms with Crippen molar-refractivity contribution in [2.75, 3.05) is 0 Å². The molecule has 6 heteroatoms. The van der Waals surface area contributed by atoms with Crippen molar-refractivity contribution >= 4 is 34.4 Å². The largest absolute Gasteiger partial charge is 0.502 e. The van der Waals surface area contributed by atoms with E-state index < -0.39 is 17.5 Å². The van der Waals surface area contributed by atoms with Gasteiger partial charge in [0.25, 0.3) is 0 Å². The van der Waals surface area contributed by atoms with Crippen molar-refractivity contribution in [3.8, 4) is 10.4 Å². The SMILES string of the molecule is O=C(O)C(O)=CC(=O)c1cc(-c2cccs2)cs1. The lowest BCUT2D eigenvalue weighted by Crippen LogP contribution is -2.02. The Balaban J connectivity index is 2.23. The van der Waals surface area contributed by atoms with E-state index in [0.29, 0.717) is 11.0 Å². The number of carboxylic acids is 1. The summed E-state index contributed by atoms with van der Waals surface area (Å²) in [6.45, 7) is 0. The Bertz CT molecular complexity index is 608. The maximum Gasteiger partial charge on any atom is 0.371 e. The maximum absolute atomic E-state index is 11.7. The number of ketones is 1. The van der Waals surface area contributed by atoms with E-state index in [2.05, 4.69) is 0 Å². The lowest BCUT2D eigenvalue weighted by molar-refractivity contribution is -0.135. The third-order valence-electron chi connectivity index (χ3n) is 2.13. The maximum atomic E-state index is 11.7. The molecule has 0 saturated carbocycles. The number of rotatable bonds is 4. The molecular weight excluding hydrogens is 272 g/mol. The lowest BCUT2D eigenvalue weighted by atomic mass is 10.2. The number of hydrogen-bond donors (Lipinski definition) is 2. The molecule has 0 spiro atoms. The van der Waals surface area contributed by atoms with Gasteiger partial charge in [0.05, 0.1) is 4.88 Å². The molecule has 0 unspecified atom stereocenters. The van der Waals surface area contributed by atoms with Crippen LogP contribution in [0.2, 0.25) is 0 Å². The fraction of sp³-hybridized carbons (Fsp3) is 0. The molecule has 0 atom stereocenters. The summed E-state index contributed by atoms with van der Waals surface area (Å²) in [6, 6.07) is 5.53. The average Bonchev–Trinajstić information content (AvgIpc) is 2.99. The standard InChI is InChI=1S/C12H8O4S2/c13-8(5-9(14)12(15)16)11-4-7(6-18-11)10-2-1-3-17-10/h1-6,14H,(H,15,16). The molecule has 0 saturated heterocycles. The Labute approximate surface area is 110 Å². The molecule has 2 rings (SSSR count). The molecule has 2 heterocycles. The number of aliphatic hydroxyl groups excluding tert-OH is 1. The first-order valence-corrected chi connectivity index (χ1v) is 6.64. The van der Waals surface area contributed by atoms with Gasteiger partial charge < -0.3 is 10.2 Å². The van der Waals surface area contributed by atoms with Crippen LogP contribution < -0.4 is 0 Å². The molecule has 4 nitrogen and oxygen atoms in total. The first kappa shape index (κ1) is 12.5. The van der Waals surface area contributed by atoms with E-state index in [1.807, 2.05) is 22.9 Å². The summed E-state index contributed by atoms with van der Waals surface area (Å²) in [5, 5.41) is 21.2. The summed E-state index contributed by atoms with van der Waals surface area (Å²) in [6.07, 6.45) is 0.715. The summed E-state index contributed by atoms with van der Waals surface area (Å²) >= 11 is 2.77. The highest BCUT2D eigenvalue weighted by Gasteiger charge is 2.12. The lowest BCUT2D eigenvalue weighted by Gasteiger charge is -1.91. The van der Waals surface area contributed by atoms with Gasteiger partial charge in [-0.1, -0.05) is 6.07 Å². The summed E-state index contributed by atoms with van der Waals surface area (Å²) < 4.78 is 0. The Kier molecular flexibility index (Phi) is 3.59. The van der Waals surface area contributed by atoms with Crippen LogP contribution in [0.25, 0.3) is 10.4 Å². The zero-order valence-corrected chi connectivity index (χ0v) is 10.6. The van der Waals surface area contributed by atoms with Crippen LogP contribution in [0.5, 0.6) is 0 Å². The average molecular weight is 280 g/mol. The number of thiophene rings is 2. The van der Waals surface area contributed by atoms with Gasteiger partial charge in [-0.05, 0) is 17.5 Å². The number of hydrogen-bond acceptors (Lipinski definition) is 5. The van der Waals surface area contributed by atoms with Crippen LogP contribution in [0.15, 0.2) is 40.8 Å². The fourth-order valence-corrected chi connectivity index (χ4v) is 2.90. The van der Waals surface area contributed by atoms with Crippen LogP contribution in [-0.2, 0) is 4.79 Å². The summed E-state index contributed by atoms with van der Waals surface area (Å²) in [7, 11) is 0. The van der Waals surface area contributed by atoms with Crippen molar-refractivity contribution < 1.29 is 19.8 Å². The smallest absolute Gasteiger partial charge is 0.371 e. The fourth-order valence-electron chi connectivity index (χ4n) is 1.29. The van der Waals surface area contributed by atoms with E-state index in [9.17, 15) is 9.59 Å². The summed E-state index contributed by atoms with van der Waals surface area (Å²) in [5.41, 5.74) is 0.918. The predicted octanol–water partition coefficient (Wildman–Crippen LogP) is 3.19. The molecular formula is C12H8O4S2. The summed E-state index contributed by atoms with van der Waals surface area (Å²) in [5.74, 6) is -2.98. The van der Waals surface area contributed by atoms with Gasteiger partial charge in [-0.3, -0.25) is 4.79 Å². The second kappa shape index (κ2) is 5.16. The minimum absolute atomic E-state index is 0.395. The zero-order chi connectivity index (χ0) is 13.1. The van der Waals surface area contributed by atoms with E-state index >= 15 is 0 Å². The van der Waals surface area contributed by atoms with E-state index in [0.717, 1.165) is 10.4 Å². The molecule has 0 aliphatic rings. The zero-order valence-electron chi connectivity index (χ0n) is 8.99. The van der Waals surface area contributed by atoms with Gasteiger partial charge in [0.15, 0.2) is 5.78 Å². The molecule has 0 aromatic carbocycles. The van der Waals surface area contributed by atoms with E-state index in [1.54, 1.807) is 17.4 Å². The van der Waals surface area contributed by atoms with Gasteiger partial charge in [0.1, 0.15) is 0 Å². The van der Waals surface area contributed by atoms with E-state index in [-0.39, 0.29) is 0 Å². The second-order valence-electron chi connectivity index (χ2n) is 3.38. The summed E-state index contributed by atoms with van der Waals surface area (Å²) in [4.78, 5) is 23.5. The van der Waals surface area contributed by atoms with E-state index in [4.69, 9.17) is 10.2 Å². The Morgan fingerprint density at radius 3 is 2.61 bits per heavy atom. The highest BCUT2D eigenvalue weighted by atomic mass is 32.1. The monoisotopic (exact) mass is 280 g/mol. The highest BCUT2D eigenvalue weighted by Crippen LogP contribution is 2.29. The van der Waals surface area contributed by atoms with Gasteiger partial charge in [-0.25, -0.2) is 4.79 Å². The van der Waals surface area contributed by atoms with Crippen LogP contribution in [-0.4, -0.2) is 22.0 Å². The van der Waals surface area contributed by atoms with Crippen molar-refractivity contribution in [1.29, 1.82) is 0 Å². The third-order valence-corrected chi connectivity index (χ3v) is 4.00. The molecule has 0 fully saturated rings. The number of carbonyl (C=O) groups is 2. The molecule has 2 aromatic rings. The van der Waals surface area contributed by atoms with Crippen molar-refractivity contribution in [2.24, 2.45) is 0 Å². The quantitative estimate of drug-likeness (QED) is 0.512. The van der Waals surface area contributed by atoms with E-state index in [1.165, 1.54) is 11.3 Å². The molecule has 0 aliphatic carbocycles. The number of carboxylic acid groups (broad SMARTS) is 1. The Hall–Kier alpha value is -1.92. The van der Waals surface area contributed by atoms with Crippen molar-refractivity contribution in [3.05, 3.63) is 45.7 Å². The van der Waals surface area contributed by atoms with Crippen LogP contribution in [0.1, 0.15) is 9.67 Å². The first-order valence-electron chi connectivity index (χ1n) is 4.88. The van der Waals surface area contributed by atoms with Gasteiger partial charge in [-0.15, -0.1) is 22.7 Å². The third kappa shape index (κ3) is 2.66. The topological polar surface area (TPSA) is 74.6 Å². The number of aliphatic carboxylic acids is 1. The molecule has 18 heavy (non-hydrogen) atoms. The van der Waals surface area contributed by atoms with Crippen LogP contribution in [0.3, 0.4) is 0 Å². The van der Waals surface area contributed by atoms with Crippen molar-refractivity contribution in [1.82, 2.24) is 0 Å². The number of allylic oxidation sites excluding steroid dienone is 1. The Morgan fingerprint density at radius 1 is 1.22 bits per heavy atom. The second-order valence-corrected chi connectivity index (χ2v) is 5.23. The molecule has 0 radical (unpaired) electrons. The molecule has 92 valence electrons. The molecule has 0 bridgehead atoms. The van der Waals surface area contributed by atoms with Gasteiger partial charge in [0.2, 0.25) is 5.76 Å². The van der Waals surface area contributed by atoms with Gasteiger partial charge >= 0.3 is 5.97 Å². The number of aliphatic hydroxyl groups is 1. The Morgan fingerprint density at radius 2 is 2.00 bits per heavy atom. The molecule has 0 amide bonds. The molecule has 2 N–H and O–H groups in total. The van der Waals surface area contributed by atoms with Crippen molar-refractivity contribution in [2.45, 2.75) is 0 Å². The normalized spacial score (nSPS) is 11.4. The molecule has 2 aromatic heterocycles. The number of carbonyl (C=O) groups excluding carboxylic acids is 1. The predicted molar refractivity (Wildman–Crippen MR) is 70.3 cm³/mol. The van der Waals surface area contributed by atoms with Crippen LogP contribution in [0.4, 0.5) is 0 Å². The first-order chi connectivity index (χ1) is 8.58. The minimum Gasteiger partial charge on any atom is -0.502 e.